The smallest absolute Gasteiger partial charge is 0.147 e. The maximum Gasteiger partial charge on any atom is 0.147 e. The molecule has 0 bridgehead atoms. The molecule has 0 saturated carbocycles. The van der Waals surface area contributed by atoms with Crippen LogP contribution in [0.5, 0.6) is 0 Å². The lowest BCUT2D eigenvalue weighted by Crippen LogP contribution is -2.12. The zero-order chi connectivity index (χ0) is 13.1. The average Bonchev–Trinajstić information content (AvgIpc) is 2.91. The molecule has 0 radical (unpaired) electrons. The zero-order valence-electron chi connectivity index (χ0n) is 11.6. The highest BCUT2D eigenvalue weighted by Crippen LogP contribution is 2.27. The van der Waals surface area contributed by atoms with E-state index in [2.05, 4.69) is 24.3 Å². The minimum Gasteiger partial charge on any atom is -0.394 e. The van der Waals surface area contributed by atoms with E-state index in [0.29, 0.717) is 11.8 Å². The fourth-order valence-corrected chi connectivity index (χ4v) is 2.40. The largest absolute Gasteiger partial charge is 0.394 e. The summed E-state index contributed by atoms with van der Waals surface area (Å²) in [5, 5.41) is 7.87. The summed E-state index contributed by atoms with van der Waals surface area (Å²) in [6.07, 6.45) is 2.31. The number of aryl methyl sites for hydroxylation is 1. The van der Waals surface area contributed by atoms with E-state index in [1.165, 1.54) is 6.42 Å². The Morgan fingerprint density at radius 2 is 2.33 bits per heavy atom. The number of hydrogen-bond acceptors (Lipinski definition) is 4. The molecule has 0 spiro atoms. The lowest BCUT2D eigenvalue weighted by atomic mass is 10.1. The molecule has 0 aliphatic carbocycles. The minimum atomic E-state index is 0.356. The lowest BCUT2D eigenvalue weighted by Gasteiger charge is -2.10. The van der Waals surface area contributed by atoms with E-state index in [9.17, 15) is 0 Å². The molecule has 18 heavy (non-hydrogen) atoms. The topological polar surface area (TPSA) is 65.1 Å². The molecule has 2 rings (SSSR count). The predicted molar refractivity (Wildman–Crippen MR) is 73.7 cm³/mol. The van der Waals surface area contributed by atoms with Gasteiger partial charge in [-0.1, -0.05) is 13.8 Å². The van der Waals surface area contributed by atoms with Crippen molar-refractivity contribution in [2.75, 3.05) is 30.8 Å². The molecule has 5 nitrogen and oxygen atoms in total. The van der Waals surface area contributed by atoms with Crippen LogP contribution in [-0.2, 0) is 11.8 Å². The van der Waals surface area contributed by atoms with Crippen molar-refractivity contribution < 1.29 is 4.74 Å². The molecule has 1 aliphatic rings. The zero-order valence-corrected chi connectivity index (χ0v) is 11.6. The standard InChI is InChI=1S/C13H24N4O/c1-9(2)12-11(14)13(17(3)16-12)15-6-4-10-5-7-18-8-10/h9-10,15H,4-8,14H2,1-3H3. The van der Waals surface area contributed by atoms with Crippen LogP contribution in [0.25, 0.3) is 0 Å². The Kier molecular flexibility index (Phi) is 4.11. The van der Waals surface area contributed by atoms with Gasteiger partial charge in [0.15, 0.2) is 0 Å². The molecule has 1 aromatic heterocycles. The number of nitrogens with two attached hydrogens (primary N) is 1. The maximum absolute atomic E-state index is 6.13. The second kappa shape index (κ2) is 5.61. The van der Waals surface area contributed by atoms with Crippen LogP contribution < -0.4 is 11.1 Å². The van der Waals surface area contributed by atoms with Crippen LogP contribution in [0.15, 0.2) is 0 Å². The number of nitrogens with zero attached hydrogens (tertiary/aromatic N) is 2. The number of anilines is 2. The molecule has 5 heteroatoms. The van der Waals surface area contributed by atoms with Crippen molar-refractivity contribution in [3.05, 3.63) is 5.69 Å². The molecule has 1 unspecified atom stereocenters. The summed E-state index contributed by atoms with van der Waals surface area (Å²) in [5.41, 5.74) is 7.89. The van der Waals surface area contributed by atoms with Crippen LogP contribution in [0.3, 0.4) is 0 Å². The highest BCUT2D eigenvalue weighted by Gasteiger charge is 2.17. The van der Waals surface area contributed by atoms with Crippen molar-refractivity contribution in [3.63, 3.8) is 0 Å². The van der Waals surface area contributed by atoms with E-state index in [0.717, 1.165) is 43.4 Å². The molecular weight excluding hydrogens is 228 g/mol. The molecule has 0 amide bonds. The van der Waals surface area contributed by atoms with Crippen LogP contribution in [0.4, 0.5) is 11.5 Å². The van der Waals surface area contributed by atoms with Crippen LogP contribution in [0, 0.1) is 5.92 Å². The van der Waals surface area contributed by atoms with Gasteiger partial charge in [0.1, 0.15) is 5.82 Å². The molecule has 0 aromatic carbocycles. The third kappa shape index (κ3) is 2.77. The molecule has 1 atom stereocenters. The Morgan fingerprint density at radius 1 is 1.56 bits per heavy atom. The molecule has 1 aliphatic heterocycles. The molecule has 3 N–H and O–H groups in total. The van der Waals surface area contributed by atoms with Crippen molar-refractivity contribution in [1.82, 2.24) is 9.78 Å². The first kappa shape index (κ1) is 13.2. The highest BCUT2D eigenvalue weighted by molar-refractivity contribution is 5.65. The summed E-state index contributed by atoms with van der Waals surface area (Å²) in [5.74, 6) is 1.99. The third-order valence-electron chi connectivity index (χ3n) is 3.53. The second-order valence-electron chi connectivity index (χ2n) is 5.37. The molecular formula is C13H24N4O. The van der Waals surface area contributed by atoms with Gasteiger partial charge in [-0.2, -0.15) is 5.10 Å². The van der Waals surface area contributed by atoms with Gasteiger partial charge in [-0.25, -0.2) is 0 Å². The average molecular weight is 252 g/mol. The lowest BCUT2D eigenvalue weighted by molar-refractivity contribution is 0.185. The van der Waals surface area contributed by atoms with Gasteiger partial charge in [0.25, 0.3) is 0 Å². The van der Waals surface area contributed by atoms with Crippen molar-refractivity contribution in [2.24, 2.45) is 13.0 Å². The molecule has 1 aromatic rings. The maximum atomic E-state index is 6.13. The molecule has 2 heterocycles. The number of nitrogens with one attached hydrogen (secondary N) is 1. The van der Waals surface area contributed by atoms with Crippen LogP contribution in [-0.4, -0.2) is 29.5 Å². The molecule has 1 saturated heterocycles. The summed E-state index contributed by atoms with van der Waals surface area (Å²) in [6, 6.07) is 0. The fraction of sp³-hybridized carbons (Fsp3) is 0.769. The number of nitrogen functional groups attached to an aromatic ring is 1. The number of ether oxygens (including phenoxy) is 1. The second-order valence-corrected chi connectivity index (χ2v) is 5.37. The summed E-state index contributed by atoms with van der Waals surface area (Å²) < 4.78 is 7.22. The third-order valence-corrected chi connectivity index (χ3v) is 3.53. The van der Waals surface area contributed by atoms with Crippen molar-refractivity contribution in [2.45, 2.75) is 32.6 Å². The first-order valence-corrected chi connectivity index (χ1v) is 6.73. The number of aromatic nitrogens is 2. The Morgan fingerprint density at radius 3 is 2.89 bits per heavy atom. The van der Waals surface area contributed by atoms with Crippen molar-refractivity contribution in [1.29, 1.82) is 0 Å². The number of rotatable bonds is 5. The Bertz CT molecular complexity index is 394. The number of hydrogen-bond donors (Lipinski definition) is 2. The van der Waals surface area contributed by atoms with E-state index < -0.39 is 0 Å². The first-order chi connectivity index (χ1) is 8.59. The molecule has 1 fully saturated rings. The fourth-order valence-electron chi connectivity index (χ4n) is 2.40. The van der Waals surface area contributed by atoms with Gasteiger partial charge in [0, 0.05) is 26.8 Å². The first-order valence-electron chi connectivity index (χ1n) is 6.73. The Labute approximate surface area is 109 Å². The normalized spacial score (nSPS) is 19.7. The van der Waals surface area contributed by atoms with E-state index in [4.69, 9.17) is 10.5 Å². The van der Waals surface area contributed by atoms with Crippen LogP contribution in [0.1, 0.15) is 38.3 Å². The van der Waals surface area contributed by atoms with Gasteiger partial charge in [0.05, 0.1) is 11.4 Å². The summed E-state index contributed by atoms with van der Waals surface area (Å²) >= 11 is 0. The summed E-state index contributed by atoms with van der Waals surface area (Å²) in [6.45, 7) is 6.96. The summed E-state index contributed by atoms with van der Waals surface area (Å²) in [4.78, 5) is 0. The minimum absolute atomic E-state index is 0.356. The van der Waals surface area contributed by atoms with E-state index in [-0.39, 0.29) is 0 Å². The van der Waals surface area contributed by atoms with Gasteiger partial charge >= 0.3 is 0 Å². The van der Waals surface area contributed by atoms with Gasteiger partial charge in [-0.15, -0.1) is 0 Å². The van der Waals surface area contributed by atoms with Crippen molar-refractivity contribution in [3.8, 4) is 0 Å². The summed E-state index contributed by atoms with van der Waals surface area (Å²) in [7, 11) is 1.93. The quantitative estimate of drug-likeness (QED) is 0.841. The van der Waals surface area contributed by atoms with Crippen molar-refractivity contribution >= 4 is 11.5 Å². The van der Waals surface area contributed by atoms with Gasteiger partial charge in [0.2, 0.25) is 0 Å². The van der Waals surface area contributed by atoms with Crippen LogP contribution in [0.2, 0.25) is 0 Å². The Hall–Kier alpha value is -1.23. The van der Waals surface area contributed by atoms with Gasteiger partial charge in [-0.3, -0.25) is 4.68 Å². The van der Waals surface area contributed by atoms with Crippen LogP contribution >= 0.6 is 0 Å². The van der Waals surface area contributed by atoms with Gasteiger partial charge in [-0.05, 0) is 24.7 Å². The highest BCUT2D eigenvalue weighted by atomic mass is 16.5. The predicted octanol–water partition coefficient (Wildman–Crippen LogP) is 1.96. The van der Waals surface area contributed by atoms with Gasteiger partial charge < -0.3 is 15.8 Å². The van der Waals surface area contributed by atoms with E-state index >= 15 is 0 Å². The molecule has 102 valence electrons. The van der Waals surface area contributed by atoms with E-state index in [1.54, 1.807) is 0 Å². The monoisotopic (exact) mass is 252 g/mol. The van der Waals surface area contributed by atoms with E-state index in [1.807, 2.05) is 11.7 Å². The Balaban J connectivity index is 1.92. The SMILES string of the molecule is CC(C)c1nn(C)c(NCCC2CCOC2)c1N.